The van der Waals surface area contributed by atoms with Crippen molar-refractivity contribution in [2.24, 2.45) is 7.05 Å². The number of nitrogens with one attached hydrogen (secondary N) is 1. The highest BCUT2D eigenvalue weighted by Crippen LogP contribution is 2.21. The number of nitrogens with zero attached hydrogens (tertiary/aromatic N) is 6. The lowest BCUT2D eigenvalue weighted by Crippen LogP contribution is -2.22. The van der Waals surface area contributed by atoms with Crippen LogP contribution in [0.4, 0.5) is 4.39 Å². The first-order valence-electron chi connectivity index (χ1n) is 5.82. The number of rotatable bonds is 4. The third-order valence-electron chi connectivity index (χ3n) is 2.44. The summed E-state index contributed by atoms with van der Waals surface area (Å²) in [5, 5.41) is 11.9. The van der Waals surface area contributed by atoms with Crippen molar-refractivity contribution >= 4 is 11.5 Å². The van der Waals surface area contributed by atoms with Crippen LogP contribution in [0.25, 0.3) is 5.00 Å². The molecule has 0 saturated heterocycles. The van der Waals surface area contributed by atoms with E-state index in [9.17, 15) is 9.18 Å². The van der Waals surface area contributed by atoms with Crippen molar-refractivity contribution in [3.8, 4) is 10.9 Å². The maximum atomic E-state index is 13.7. The fourth-order valence-corrected chi connectivity index (χ4v) is 2.18. The highest BCUT2D eigenvalue weighted by molar-refractivity contribution is 7.08. The lowest BCUT2D eigenvalue weighted by Gasteiger charge is -2.02. The van der Waals surface area contributed by atoms with E-state index in [0.29, 0.717) is 0 Å². The van der Waals surface area contributed by atoms with Crippen LogP contribution in [0.5, 0.6) is 5.88 Å². The third-order valence-corrected chi connectivity index (χ3v) is 3.28. The quantitative estimate of drug-likeness (QED) is 0.719. The van der Waals surface area contributed by atoms with E-state index in [1.54, 1.807) is 0 Å². The van der Waals surface area contributed by atoms with E-state index < -0.39 is 11.6 Å². The van der Waals surface area contributed by atoms with Crippen LogP contribution >= 0.6 is 11.5 Å². The number of hydrogen-bond acceptors (Lipinski definition) is 7. The fourth-order valence-electron chi connectivity index (χ4n) is 1.45. The number of ether oxygens (including phenoxy) is 1. The van der Waals surface area contributed by atoms with Crippen molar-refractivity contribution in [2.45, 2.75) is 6.61 Å². The standard InChI is InChI=1S/C9H8FN7O2S/c1-16-9(18)17(15-14-16)8-5(7(10)13-20-8)4-19-6-2-3-11-12-6/h2-3H,4H2,1H3,(H,11,12)/i/hT. The van der Waals surface area contributed by atoms with Crippen LogP contribution in [-0.2, 0) is 13.7 Å². The van der Waals surface area contributed by atoms with E-state index in [4.69, 9.17) is 6.15 Å². The first-order chi connectivity index (χ1) is 10.1. The van der Waals surface area contributed by atoms with E-state index in [2.05, 4.69) is 19.9 Å². The van der Waals surface area contributed by atoms with Crippen LogP contribution in [0.15, 0.2) is 17.1 Å². The average Bonchev–Trinajstić information content (AvgIpc) is 3.11. The van der Waals surface area contributed by atoms with Crippen LogP contribution in [0.2, 0.25) is 1.41 Å². The van der Waals surface area contributed by atoms with Crippen LogP contribution < -0.4 is 10.4 Å². The Bertz CT molecular complexity index is 837. The molecule has 3 rings (SSSR count). The van der Waals surface area contributed by atoms with Crippen LogP contribution in [0.1, 0.15) is 5.56 Å². The Morgan fingerprint density at radius 3 is 3.10 bits per heavy atom. The number of hydrogen-bond donors (Lipinski definition) is 1. The van der Waals surface area contributed by atoms with Gasteiger partial charge < -0.3 is 4.74 Å². The molecule has 0 amide bonds. The first kappa shape index (κ1) is 11.3. The maximum Gasteiger partial charge on any atom is 0.369 e. The smallest absolute Gasteiger partial charge is 0.369 e. The molecule has 0 aliphatic rings. The molecule has 0 radical (unpaired) electrons. The van der Waals surface area contributed by atoms with E-state index in [-0.39, 0.29) is 23.1 Å². The Kier molecular flexibility index (Phi) is 2.73. The fraction of sp³-hybridized carbons (Fsp3) is 0.222. The van der Waals surface area contributed by atoms with E-state index in [1.165, 1.54) is 19.3 Å². The molecular weight excluding hydrogens is 289 g/mol. The van der Waals surface area contributed by atoms with E-state index in [1.807, 2.05) is 0 Å². The molecule has 20 heavy (non-hydrogen) atoms. The zero-order valence-electron chi connectivity index (χ0n) is 11.1. The molecule has 0 unspecified atom stereocenters. The summed E-state index contributed by atoms with van der Waals surface area (Å²) in [4.78, 5) is 11.8. The number of H-pyrrole nitrogens is 1. The maximum absolute atomic E-state index is 13.7. The van der Waals surface area contributed by atoms with Crippen LogP contribution in [0, 0.1) is 5.95 Å². The summed E-state index contributed by atoms with van der Waals surface area (Å²) < 4.78 is 31.7. The summed E-state index contributed by atoms with van der Waals surface area (Å²) in [6.45, 7) is -0.197. The van der Waals surface area contributed by atoms with Gasteiger partial charge >= 0.3 is 5.69 Å². The Morgan fingerprint density at radius 2 is 2.45 bits per heavy atom. The van der Waals surface area contributed by atoms with Gasteiger partial charge in [-0.25, -0.2) is 4.79 Å². The SMILES string of the molecule is [3H]n1ccc(OCc2c(F)nsc2-n2nnn(C)c2=O)n1. The van der Waals surface area contributed by atoms with Crippen molar-refractivity contribution in [1.82, 2.24) is 34.4 Å². The summed E-state index contributed by atoms with van der Waals surface area (Å²) in [5.41, 5.74) is -0.447. The van der Waals surface area contributed by atoms with Gasteiger partial charge in [0.05, 0.1) is 5.56 Å². The Labute approximate surface area is 116 Å². The molecule has 0 aliphatic carbocycles. The van der Waals surface area contributed by atoms with Gasteiger partial charge in [-0.3, -0.25) is 5.09 Å². The van der Waals surface area contributed by atoms with Crippen molar-refractivity contribution in [2.75, 3.05) is 0 Å². The number of aromatic nitrogens is 7. The number of aryl methyl sites for hydroxylation is 1. The molecule has 1 N–H and O–H groups in total. The summed E-state index contributed by atoms with van der Waals surface area (Å²) in [7, 11) is 1.43. The number of tetrazole rings is 1. The van der Waals surface area contributed by atoms with Gasteiger partial charge in [-0.1, -0.05) is 0 Å². The van der Waals surface area contributed by atoms with Gasteiger partial charge in [0, 0.05) is 19.3 Å². The molecule has 9 nitrogen and oxygen atoms in total. The van der Waals surface area contributed by atoms with E-state index in [0.717, 1.165) is 26.0 Å². The normalized spacial score (nSPS) is 11.6. The van der Waals surface area contributed by atoms with Gasteiger partial charge in [-0.15, -0.1) is 9.78 Å². The molecule has 104 valence electrons. The molecule has 0 spiro atoms. The Balaban J connectivity index is 1.90. The molecular formula is C9H8FN7O2S. The van der Waals surface area contributed by atoms with Gasteiger partial charge in [0.15, 0.2) is 6.41 Å². The summed E-state index contributed by atoms with van der Waals surface area (Å²) in [6, 6.07) is 1.46. The number of halogens is 1. The minimum atomic E-state index is -0.752. The molecule has 0 aliphatic heterocycles. The van der Waals surface area contributed by atoms with Crippen LogP contribution in [0.3, 0.4) is 0 Å². The zero-order valence-corrected chi connectivity index (χ0v) is 10.9. The summed E-state index contributed by atoms with van der Waals surface area (Å²) in [6.07, 6.45) is 1.37. The predicted molar refractivity (Wildman–Crippen MR) is 65.1 cm³/mol. The molecule has 0 saturated carbocycles. The Morgan fingerprint density at radius 1 is 1.60 bits per heavy atom. The number of aromatic amines is 1. The van der Waals surface area contributed by atoms with Crippen molar-refractivity contribution in [3.63, 3.8) is 0 Å². The molecule has 3 heterocycles. The van der Waals surface area contributed by atoms with Gasteiger partial charge in [0.1, 0.15) is 6.61 Å². The lowest BCUT2D eigenvalue weighted by atomic mass is 10.3. The second-order valence-corrected chi connectivity index (χ2v) is 4.46. The molecule has 3 aromatic heterocycles. The summed E-state index contributed by atoms with van der Waals surface area (Å²) in [5.74, 6) is -0.592. The average molecular weight is 299 g/mol. The minimum absolute atomic E-state index is 0.0714. The van der Waals surface area contributed by atoms with Gasteiger partial charge in [0.25, 0.3) is 0 Å². The molecule has 11 heteroatoms. The van der Waals surface area contributed by atoms with E-state index >= 15 is 0 Å². The summed E-state index contributed by atoms with van der Waals surface area (Å²) >= 11 is 0.777. The second kappa shape index (κ2) is 4.85. The second-order valence-electron chi connectivity index (χ2n) is 3.71. The molecule has 0 fully saturated rings. The first-order valence-corrected chi connectivity index (χ1v) is 6.15. The highest BCUT2D eigenvalue weighted by atomic mass is 32.1. The molecule has 3 aromatic rings. The topological polar surface area (TPSA) is 104 Å². The molecule has 0 bridgehead atoms. The minimum Gasteiger partial charge on any atom is -0.471 e. The van der Waals surface area contributed by atoms with Crippen molar-refractivity contribution in [1.29, 1.82) is 0 Å². The molecule has 0 atom stereocenters. The Hall–Kier alpha value is -2.56. The monoisotopic (exact) mass is 299 g/mol. The van der Waals surface area contributed by atoms with Gasteiger partial charge in [-0.2, -0.15) is 13.4 Å². The van der Waals surface area contributed by atoms with Gasteiger partial charge in [0.2, 0.25) is 11.8 Å². The zero-order chi connectivity index (χ0) is 15.0. The third kappa shape index (κ3) is 2.07. The predicted octanol–water partition coefficient (Wildman–Crippen LogP) is -0.136. The van der Waals surface area contributed by atoms with Crippen molar-refractivity contribution < 1.29 is 10.5 Å². The van der Waals surface area contributed by atoms with Crippen LogP contribution in [-0.4, -0.2) is 34.4 Å². The largest absolute Gasteiger partial charge is 0.471 e. The lowest BCUT2D eigenvalue weighted by molar-refractivity contribution is 0.286. The van der Waals surface area contributed by atoms with Crippen molar-refractivity contribution in [3.05, 3.63) is 34.3 Å². The molecule has 0 aromatic carbocycles. The highest BCUT2D eigenvalue weighted by Gasteiger charge is 2.20. The van der Waals surface area contributed by atoms with Gasteiger partial charge in [-0.05, 0) is 22.0 Å².